The van der Waals surface area contributed by atoms with Gasteiger partial charge in [0.2, 0.25) is 11.5 Å². The topological polar surface area (TPSA) is 125 Å². The molecule has 1 heterocycles. The van der Waals surface area contributed by atoms with Crippen molar-refractivity contribution in [3.8, 4) is 11.5 Å². The van der Waals surface area contributed by atoms with Crippen LogP contribution in [0.15, 0.2) is 45.5 Å². The molecule has 9 nitrogen and oxygen atoms in total. The van der Waals surface area contributed by atoms with Crippen LogP contribution in [0.3, 0.4) is 0 Å². The Kier molecular flexibility index (Phi) is 7.79. The van der Waals surface area contributed by atoms with Crippen LogP contribution in [0.4, 0.5) is 10.2 Å². The SMILES string of the molecule is COc1cc(CNCCNC(=O)c2nonc2N)c(Br)cc1OCc1ccccc1F. The summed E-state index contributed by atoms with van der Waals surface area (Å²) < 4.78 is 30.2. The van der Waals surface area contributed by atoms with E-state index in [9.17, 15) is 9.18 Å². The highest BCUT2D eigenvalue weighted by Gasteiger charge is 2.15. The lowest BCUT2D eigenvalue weighted by Gasteiger charge is -2.15. The number of aromatic nitrogens is 2. The van der Waals surface area contributed by atoms with Crippen LogP contribution in [-0.2, 0) is 13.2 Å². The smallest absolute Gasteiger partial charge is 0.277 e. The molecule has 1 amide bonds. The third-order valence-corrected chi connectivity index (χ3v) is 5.04. The standard InChI is InChI=1S/C20H21BrFN5O4/c1-29-16-8-13(10-24-6-7-25-20(28)18-19(23)27-31-26-18)14(21)9-17(16)30-11-12-4-2-3-5-15(12)22/h2-5,8-9,24H,6-7,10-11H2,1H3,(H2,23,27)(H,25,28). The summed E-state index contributed by atoms with van der Waals surface area (Å²) in [5.41, 5.74) is 6.81. The van der Waals surface area contributed by atoms with E-state index in [1.165, 1.54) is 13.2 Å². The fourth-order valence-corrected chi connectivity index (χ4v) is 3.14. The Balaban J connectivity index is 1.51. The maximum absolute atomic E-state index is 13.8. The second-order valence-electron chi connectivity index (χ2n) is 6.41. The van der Waals surface area contributed by atoms with E-state index in [1.54, 1.807) is 24.3 Å². The first-order chi connectivity index (χ1) is 15.0. The van der Waals surface area contributed by atoms with Gasteiger partial charge in [-0.2, -0.15) is 0 Å². The molecule has 3 rings (SSSR count). The number of hydrogen-bond acceptors (Lipinski definition) is 8. The number of ether oxygens (including phenoxy) is 2. The normalized spacial score (nSPS) is 10.7. The van der Waals surface area contributed by atoms with E-state index >= 15 is 0 Å². The van der Waals surface area contributed by atoms with Crippen LogP contribution in [0.25, 0.3) is 0 Å². The van der Waals surface area contributed by atoms with Crippen molar-refractivity contribution in [2.45, 2.75) is 13.2 Å². The zero-order valence-corrected chi connectivity index (χ0v) is 18.2. The van der Waals surface area contributed by atoms with Gasteiger partial charge in [0.15, 0.2) is 11.5 Å². The summed E-state index contributed by atoms with van der Waals surface area (Å²) in [5, 5.41) is 12.7. The third kappa shape index (κ3) is 5.92. The first-order valence-corrected chi connectivity index (χ1v) is 10.1. The third-order valence-electron chi connectivity index (χ3n) is 4.31. The fraction of sp³-hybridized carbons (Fsp3) is 0.250. The van der Waals surface area contributed by atoms with Crippen molar-refractivity contribution >= 4 is 27.7 Å². The predicted octanol–water partition coefficient (Wildman–Crippen LogP) is 2.66. The number of benzene rings is 2. The van der Waals surface area contributed by atoms with Crippen molar-refractivity contribution in [3.05, 3.63) is 63.5 Å². The van der Waals surface area contributed by atoms with Crippen molar-refractivity contribution in [1.82, 2.24) is 20.9 Å². The number of nitrogens with zero attached hydrogens (tertiary/aromatic N) is 2. The molecule has 0 aliphatic carbocycles. The first kappa shape index (κ1) is 22.5. The largest absolute Gasteiger partial charge is 0.493 e. The highest BCUT2D eigenvalue weighted by atomic mass is 79.9. The average molecular weight is 494 g/mol. The molecule has 0 radical (unpaired) electrons. The summed E-state index contributed by atoms with van der Waals surface area (Å²) in [6.07, 6.45) is 0. The second kappa shape index (κ2) is 10.7. The molecule has 0 aliphatic heterocycles. The van der Waals surface area contributed by atoms with Crippen molar-refractivity contribution in [1.29, 1.82) is 0 Å². The monoisotopic (exact) mass is 493 g/mol. The van der Waals surface area contributed by atoms with Crippen LogP contribution in [0, 0.1) is 5.82 Å². The van der Waals surface area contributed by atoms with Crippen LogP contribution in [-0.4, -0.2) is 36.4 Å². The molecule has 1 aromatic heterocycles. The molecule has 0 unspecified atom stereocenters. The molecule has 0 atom stereocenters. The van der Waals surface area contributed by atoms with Gasteiger partial charge in [0.25, 0.3) is 5.91 Å². The molecule has 0 bridgehead atoms. The first-order valence-electron chi connectivity index (χ1n) is 9.29. The molecule has 0 saturated carbocycles. The highest BCUT2D eigenvalue weighted by Crippen LogP contribution is 2.34. The Morgan fingerprint density at radius 1 is 1.19 bits per heavy atom. The molecule has 31 heavy (non-hydrogen) atoms. The van der Waals surface area contributed by atoms with E-state index in [1.807, 2.05) is 6.07 Å². The molecule has 0 saturated heterocycles. The molecular formula is C20H21BrFN5O4. The van der Waals surface area contributed by atoms with Crippen molar-refractivity contribution < 1.29 is 23.3 Å². The summed E-state index contributed by atoms with van der Waals surface area (Å²) in [7, 11) is 1.54. The van der Waals surface area contributed by atoms with Gasteiger partial charge in [0.1, 0.15) is 12.4 Å². The number of halogens is 2. The van der Waals surface area contributed by atoms with Crippen LogP contribution in [0.1, 0.15) is 21.6 Å². The average Bonchev–Trinajstić information content (AvgIpc) is 3.19. The minimum atomic E-state index is -0.459. The van der Waals surface area contributed by atoms with Crippen molar-refractivity contribution in [2.75, 3.05) is 25.9 Å². The zero-order chi connectivity index (χ0) is 22.2. The lowest BCUT2D eigenvalue weighted by molar-refractivity contribution is 0.0944. The molecule has 0 aliphatic rings. The molecule has 4 N–H and O–H groups in total. The van der Waals surface area contributed by atoms with Gasteiger partial charge in [-0.1, -0.05) is 34.1 Å². The van der Waals surface area contributed by atoms with E-state index in [0.29, 0.717) is 36.7 Å². The maximum Gasteiger partial charge on any atom is 0.277 e. The quantitative estimate of drug-likeness (QED) is 0.368. The number of anilines is 1. The lowest BCUT2D eigenvalue weighted by atomic mass is 10.2. The number of carbonyl (C=O) groups is 1. The summed E-state index contributed by atoms with van der Waals surface area (Å²) in [5.74, 6) is 0.181. The van der Waals surface area contributed by atoms with Crippen LogP contribution >= 0.6 is 15.9 Å². The van der Waals surface area contributed by atoms with Gasteiger partial charge in [-0.25, -0.2) is 9.02 Å². The number of nitrogen functional groups attached to an aromatic ring is 1. The van der Waals surface area contributed by atoms with E-state index in [2.05, 4.69) is 41.5 Å². The van der Waals surface area contributed by atoms with Gasteiger partial charge < -0.3 is 25.8 Å². The maximum atomic E-state index is 13.8. The van der Waals surface area contributed by atoms with E-state index in [4.69, 9.17) is 15.2 Å². The van der Waals surface area contributed by atoms with Crippen molar-refractivity contribution in [3.63, 3.8) is 0 Å². The van der Waals surface area contributed by atoms with Gasteiger partial charge in [-0.3, -0.25) is 4.79 Å². The van der Waals surface area contributed by atoms with Gasteiger partial charge in [-0.05, 0) is 34.1 Å². The van der Waals surface area contributed by atoms with E-state index in [-0.39, 0.29) is 23.9 Å². The molecular weight excluding hydrogens is 473 g/mol. The molecule has 11 heteroatoms. The minimum Gasteiger partial charge on any atom is -0.493 e. The van der Waals surface area contributed by atoms with Crippen LogP contribution in [0.5, 0.6) is 11.5 Å². The Hall–Kier alpha value is -3.18. The number of methoxy groups -OCH3 is 1. The zero-order valence-electron chi connectivity index (χ0n) is 16.7. The Morgan fingerprint density at radius 3 is 2.71 bits per heavy atom. The number of hydrogen-bond donors (Lipinski definition) is 3. The molecule has 0 spiro atoms. The second-order valence-corrected chi connectivity index (χ2v) is 7.26. The number of nitrogens with two attached hydrogens (primary N) is 1. The van der Waals surface area contributed by atoms with Gasteiger partial charge in [0, 0.05) is 29.7 Å². The Bertz CT molecular complexity index is 1050. The highest BCUT2D eigenvalue weighted by molar-refractivity contribution is 9.10. The predicted molar refractivity (Wildman–Crippen MR) is 114 cm³/mol. The van der Waals surface area contributed by atoms with Gasteiger partial charge in [0.05, 0.1) is 7.11 Å². The van der Waals surface area contributed by atoms with Crippen LogP contribution in [0.2, 0.25) is 0 Å². The molecule has 164 valence electrons. The van der Waals surface area contributed by atoms with E-state index < -0.39 is 5.91 Å². The summed E-state index contributed by atoms with van der Waals surface area (Å²) >= 11 is 3.52. The van der Waals surface area contributed by atoms with Gasteiger partial charge >= 0.3 is 0 Å². The fourth-order valence-electron chi connectivity index (χ4n) is 2.68. The minimum absolute atomic E-state index is 0.0431. The summed E-state index contributed by atoms with van der Waals surface area (Å²) in [6, 6.07) is 10.0. The Morgan fingerprint density at radius 2 is 2.00 bits per heavy atom. The van der Waals surface area contributed by atoms with Gasteiger partial charge in [-0.15, -0.1) is 0 Å². The number of amides is 1. The molecule has 2 aromatic carbocycles. The molecule has 3 aromatic rings. The Labute approximate surface area is 186 Å². The summed E-state index contributed by atoms with van der Waals surface area (Å²) in [4.78, 5) is 11.9. The lowest BCUT2D eigenvalue weighted by Crippen LogP contribution is -2.32. The number of nitrogens with one attached hydrogen (secondary N) is 2. The van der Waals surface area contributed by atoms with Crippen molar-refractivity contribution in [2.24, 2.45) is 0 Å². The summed E-state index contributed by atoms with van der Waals surface area (Å²) in [6.45, 7) is 1.44. The van der Waals surface area contributed by atoms with Crippen LogP contribution < -0.4 is 25.8 Å². The number of carbonyl (C=O) groups excluding carboxylic acids is 1. The number of rotatable bonds is 10. The van der Waals surface area contributed by atoms with E-state index in [0.717, 1.165) is 10.0 Å². The molecule has 0 fully saturated rings.